The number of carbonyl (C=O) groups is 1. The predicted molar refractivity (Wildman–Crippen MR) is 108 cm³/mol. The second kappa shape index (κ2) is 6.98. The van der Waals surface area contributed by atoms with Gasteiger partial charge in [-0.05, 0) is 48.2 Å². The molecule has 2 aliphatic rings. The van der Waals surface area contributed by atoms with Crippen LogP contribution in [0.3, 0.4) is 0 Å². The zero-order chi connectivity index (χ0) is 18.3. The van der Waals surface area contributed by atoms with E-state index in [1.54, 1.807) is 0 Å². The van der Waals surface area contributed by atoms with E-state index in [0.717, 1.165) is 23.4 Å². The van der Waals surface area contributed by atoms with Crippen LogP contribution >= 0.6 is 23.2 Å². The van der Waals surface area contributed by atoms with E-state index in [1.807, 2.05) is 37.3 Å². The van der Waals surface area contributed by atoms with Gasteiger partial charge in [-0.3, -0.25) is 4.79 Å². The van der Waals surface area contributed by atoms with Gasteiger partial charge >= 0.3 is 0 Å². The lowest BCUT2D eigenvalue weighted by Crippen LogP contribution is -2.29. The first-order valence-corrected chi connectivity index (χ1v) is 9.65. The predicted octanol–water partition coefficient (Wildman–Crippen LogP) is 6.17. The fourth-order valence-electron chi connectivity index (χ4n) is 4.02. The molecule has 4 rings (SSSR count). The number of benzene rings is 2. The van der Waals surface area contributed by atoms with Crippen LogP contribution in [0.15, 0.2) is 48.6 Å². The molecule has 0 saturated heterocycles. The van der Waals surface area contributed by atoms with Gasteiger partial charge in [0, 0.05) is 39.3 Å². The molecule has 2 aromatic rings. The average Bonchev–Trinajstić information content (AvgIpc) is 3.12. The van der Waals surface area contributed by atoms with Crippen molar-refractivity contribution in [3.8, 4) is 0 Å². The van der Waals surface area contributed by atoms with Crippen LogP contribution in [0.25, 0.3) is 0 Å². The molecule has 0 aromatic heterocycles. The van der Waals surface area contributed by atoms with Crippen molar-refractivity contribution < 1.29 is 4.79 Å². The maximum absolute atomic E-state index is 11.7. The molecule has 0 fully saturated rings. The Morgan fingerprint density at radius 2 is 2.00 bits per heavy atom. The fraction of sp³-hybridized carbons (Fsp3) is 0.286. The van der Waals surface area contributed by atoms with E-state index < -0.39 is 0 Å². The molecule has 2 N–H and O–H groups in total. The minimum atomic E-state index is 0.0213. The highest BCUT2D eigenvalue weighted by Crippen LogP contribution is 2.52. The van der Waals surface area contributed by atoms with Gasteiger partial charge in [0.25, 0.3) is 0 Å². The Morgan fingerprint density at radius 1 is 1.23 bits per heavy atom. The van der Waals surface area contributed by atoms with Crippen LogP contribution in [-0.4, -0.2) is 5.91 Å². The Balaban J connectivity index is 1.74. The second-order valence-electron chi connectivity index (χ2n) is 6.81. The van der Waals surface area contributed by atoms with Crippen LogP contribution in [0, 0.1) is 5.92 Å². The summed E-state index contributed by atoms with van der Waals surface area (Å²) < 4.78 is 0. The minimum absolute atomic E-state index is 0.0213. The molecule has 134 valence electrons. The van der Waals surface area contributed by atoms with Crippen molar-refractivity contribution in [1.29, 1.82) is 0 Å². The molecule has 1 aliphatic carbocycles. The summed E-state index contributed by atoms with van der Waals surface area (Å²) in [6, 6.07) is 11.7. The van der Waals surface area contributed by atoms with E-state index in [1.165, 1.54) is 5.56 Å². The molecule has 0 radical (unpaired) electrons. The summed E-state index contributed by atoms with van der Waals surface area (Å²) in [5, 5.41) is 7.97. The first kappa shape index (κ1) is 17.4. The number of fused-ring (bicyclic) bond motifs is 3. The van der Waals surface area contributed by atoms with Crippen LogP contribution in [0.5, 0.6) is 0 Å². The molecule has 1 amide bonds. The maximum atomic E-state index is 11.7. The highest BCUT2D eigenvalue weighted by atomic mass is 35.5. The van der Waals surface area contributed by atoms with Crippen LogP contribution in [-0.2, 0) is 4.79 Å². The summed E-state index contributed by atoms with van der Waals surface area (Å²) in [5.74, 6) is 0.645. The number of carbonyl (C=O) groups excluding carboxylic acids is 1. The van der Waals surface area contributed by atoms with E-state index in [9.17, 15) is 4.79 Å². The third kappa shape index (κ3) is 3.00. The molecule has 0 spiro atoms. The van der Waals surface area contributed by atoms with Gasteiger partial charge in [-0.15, -0.1) is 0 Å². The largest absolute Gasteiger partial charge is 0.378 e. The molecule has 3 nitrogen and oxygen atoms in total. The SMILES string of the molecule is CCC(=O)Nc1ccc2c(c1)C1C=CCC1C(c1c(Cl)cccc1Cl)N2. The lowest BCUT2D eigenvalue weighted by Gasteiger charge is -2.38. The highest BCUT2D eigenvalue weighted by molar-refractivity contribution is 6.36. The van der Waals surface area contributed by atoms with Gasteiger partial charge in [-0.1, -0.05) is 48.3 Å². The molecule has 5 heteroatoms. The molecule has 3 unspecified atom stereocenters. The smallest absolute Gasteiger partial charge is 0.224 e. The Kier molecular flexibility index (Phi) is 4.68. The van der Waals surface area contributed by atoms with Gasteiger partial charge in [0.1, 0.15) is 0 Å². The molecular formula is C21H20Cl2N2O. The molecule has 3 atom stereocenters. The third-order valence-electron chi connectivity index (χ3n) is 5.28. The first-order valence-electron chi connectivity index (χ1n) is 8.89. The molecule has 1 aliphatic heterocycles. The van der Waals surface area contributed by atoms with Gasteiger partial charge in [-0.2, -0.15) is 0 Å². The van der Waals surface area contributed by atoms with Gasteiger partial charge in [-0.25, -0.2) is 0 Å². The first-order chi connectivity index (χ1) is 12.6. The number of hydrogen-bond acceptors (Lipinski definition) is 2. The summed E-state index contributed by atoms with van der Waals surface area (Å²) in [7, 11) is 0. The molecular weight excluding hydrogens is 367 g/mol. The molecule has 2 aromatic carbocycles. The fourth-order valence-corrected chi connectivity index (χ4v) is 4.65. The van der Waals surface area contributed by atoms with E-state index >= 15 is 0 Å². The number of amides is 1. The normalized spacial score (nSPS) is 23.1. The molecule has 0 bridgehead atoms. The number of anilines is 2. The Labute approximate surface area is 163 Å². The number of nitrogens with one attached hydrogen (secondary N) is 2. The van der Waals surface area contributed by atoms with E-state index in [4.69, 9.17) is 23.2 Å². The monoisotopic (exact) mass is 386 g/mol. The van der Waals surface area contributed by atoms with Crippen molar-refractivity contribution >= 4 is 40.5 Å². The van der Waals surface area contributed by atoms with Crippen LogP contribution in [0.1, 0.15) is 42.9 Å². The van der Waals surface area contributed by atoms with Crippen molar-refractivity contribution in [3.63, 3.8) is 0 Å². The number of hydrogen-bond donors (Lipinski definition) is 2. The molecule has 26 heavy (non-hydrogen) atoms. The van der Waals surface area contributed by atoms with E-state index in [0.29, 0.717) is 22.4 Å². The van der Waals surface area contributed by atoms with Gasteiger partial charge in [0.2, 0.25) is 5.91 Å². The van der Waals surface area contributed by atoms with Gasteiger partial charge in [0.05, 0.1) is 6.04 Å². The summed E-state index contributed by atoms with van der Waals surface area (Å²) in [6.45, 7) is 1.85. The minimum Gasteiger partial charge on any atom is -0.378 e. The van der Waals surface area contributed by atoms with Crippen LogP contribution < -0.4 is 10.6 Å². The number of allylic oxidation sites excluding steroid dienone is 2. The lowest BCUT2D eigenvalue weighted by molar-refractivity contribution is -0.115. The summed E-state index contributed by atoms with van der Waals surface area (Å²) >= 11 is 13.0. The summed E-state index contributed by atoms with van der Waals surface area (Å²) in [4.78, 5) is 11.7. The maximum Gasteiger partial charge on any atom is 0.224 e. The highest BCUT2D eigenvalue weighted by Gasteiger charge is 2.39. The average molecular weight is 387 g/mol. The number of rotatable bonds is 3. The quantitative estimate of drug-likeness (QED) is 0.619. The summed E-state index contributed by atoms with van der Waals surface area (Å²) in [6.07, 6.45) is 5.91. The van der Waals surface area contributed by atoms with Crippen molar-refractivity contribution in [2.45, 2.75) is 31.7 Å². The van der Waals surface area contributed by atoms with Crippen molar-refractivity contribution in [1.82, 2.24) is 0 Å². The topological polar surface area (TPSA) is 41.1 Å². The van der Waals surface area contributed by atoms with Crippen LogP contribution in [0.2, 0.25) is 10.0 Å². The third-order valence-corrected chi connectivity index (χ3v) is 5.94. The van der Waals surface area contributed by atoms with Crippen LogP contribution in [0.4, 0.5) is 11.4 Å². The number of halogens is 2. The Bertz CT molecular complexity index is 873. The zero-order valence-electron chi connectivity index (χ0n) is 14.4. The molecule has 1 heterocycles. The van der Waals surface area contributed by atoms with E-state index in [-0.39, 0.29) is 17.9 Å². The standard InChI is InChI=1S/C21H20Cl2N2O/c1-2-19(26)24-12-9-10-18-15(11-12)13-5-3-6-14(13)21(25-18)20-16(22)7-4-8-17(20)23/h3-5,7-11,13-14,21,25H,2,6H2,1H3,(H,24,26). The van der Waals surface area contributed by atoms with Crippen molar-refractivity contribution in [2.75, 3.05) is 10.6 Å². The Morgan fingerprint density at radius 3 is 2.73 bits per heavy atom. The van der Waals surface area contributed by atoms with E-state index in [2.05, 4.69) is 28.9 Å². The molecule has 0 saturated carbocycles. The van der Waals surface area contributed by atoms with Crippen molar-refractivity contribution in [3.05, 3.63) is 69.7 Å². The zero-order valence-corrected chi connectivity index (χ0v) is 15.9. The second-order valence-corrected chi connectivity index (χ2v) is 7.63. The summed E-state index contributed by atoms with van der Waals surface area (Å²) in [5.41, 5.74) is 4.07. The lowest BCUT2D eigenvalue weighted by atomic mass is 9.77. The Hall–Kier alpha value is -1.97. The van der Waals surface area contributed by atoms with Crippen molar-refractivity contribution in [2.24, 2.45) is 5.92 Å². The van der Waals surface area contributed by atoms with Gasteiger partial charge in [0.15, 0.2) is 0 Å². The van der Waals surface area contributed by atoms with Gasteiger partial charge < -0.3 is 10.6 Å².